The molecule has 2 N–H and O–H groups in total. The van der Waals surface area contributed by atoms with Crippen LogP contribution in [0.25, 0.3) is 5.69 Å². The fourth-order valence-corrected chi connectivity index (χ4v) is 1.96. The first-order chi connectivity index (χ1) is 10.6. The van der Waals surface area contributed by atoms with Crippen LogP contribution in [-0.4, -0.2) is 30.9 Å². The molecular formula is C13H10ClN5O3. The Hall–Kier alpha value is -2.87. The average Bonchev–Trinajstić information content (AvgIpc) is 3.14. The normalized spacial score (nSPS) is 10.6. The van der Waals surface area contributed by atoms with Crippen molar-refractivity contribution in [3.8, 4) is 5.69 Å². The molecule has 0 saturated carbocycles. The topological polar surface area (TPSA) is 106 Å². The summed E-state index contributed by atoms with van der Waals surface area (Å²) in [5.41, 5.74) is 0.542. The Morgan fingerprint density at radius 2 is 2.27 bits per heavy atom. The number of carbonyl (C=O) groups excluding carboxylic acids is 1. The van der Waals surface area contributed by atoms with E-state index < -0.39 is 11.7 Å². The number of ether oxygens (including phenoxy) is 1. The van der Waals surface area contributed by atoms with E-state index in [0.29, 0.717) is 5.02 Å². The van der Waals surface area contributed by atoms with Gasteiger partial charge in [-0.25, -0.2) is 19.4 Å². The van der Waals surface area contributed by atoms with Crippen LogP contribution in [0.4, 0.5) is 0 Å². The summed E-state index contributed by atoms with van der Waals surface area (Å²) in [6.07, 6.45) is 2.91. The maximum atomic E-state index is 11.9. The van der Waals surface area contributed by atoms with Crippen LogP contribution >= 0.6 is 11.6 Å². The van der Waals surface area contributed by atoms with Crippen molar-refractivity contribution in [2.24, 2.45) is 0 Å². The molecule has 3 rings (SSSR count). The predicted octanol–water partition coefficient (Wildman–Crippen LogP) is 1.29. The Kier molecular flexibility index (Phi) is 3.75. The molecule has 0 aliphatic rings. The van der Waals surface area contributed by atoms with Crippen molar-refractivity contribution in [2.75, 3.05) is 0 Å². The lowest BCUT2D eigenvalue weighted by atomic mass is 10.3. The zero-order valence-electron chi connectivity index (χ0n) is 11.1. The number of H-pyrrole nitrogens is 2. The van der Waals surface area contributed by atoms with Gasteiger partial charge in [-0.3, -0.25) is 4.98 Å². The highest BCUT2D eigenvalue weighted by Gasteiger charge is 2.12. The maximum Gasteiger partial charge on any atom is 0.341 e. The van der Waals surface area contributed by atoms with Crippen LogP contribution in [0.1, 0.15) is 16.2 Å². The van der Waals surface area contributed by atoms with Crippen molar-refractivity contribution in [1.29, 1.82) is 0 Å². The molecule has 9 heteroatoms. The van der Waals surface area contributed by atoms with E-state index in [-0.39, 0.29) is 18.0 Å². The van der Waals surface area contributed by atoms with Gasteiger partial charge >= 0.3 is 11.7 Å². The van der Waals surface area contributed by atoms with Crippen LogP contribution < -0.4 is 5.69 Å². The van der Waals surface area contributed by atoms with Crippen LogP contribution in [0.2, 0.25) is 5.02 Å². The standard InChI is InChI=1S/C13H10ClN5O3/c14-9-2-1-3-10(4-9)19-6-8(5-15-19)12(20)22-7-11-16-13(21)18-17-11/h1-6H,7H2,(H2,16,17,18,21). The molecule has 8 nitrogen and oxygen atoms in total. The first-order valence-electron chi connectivity index (χ1n) is 6.23. The molecule has 0 saturated heterocycles. The summed E-state index contributed by atoms with van der Waals surface area (Å²) in [5, 5.41) is 10.5. The quantitative estimate of drug-likeness (QED) is 0.705. The highest BCUT2D eigenvalue weighted by molar-refractivity contribution is 6.30. The Bertz CT molecular complexity index is 866. The van der Waals surface area contributed by atoms with E-state index in [2.05, 4.69) is 20.3 Å². The van der Waals surface area contributed by atoms with E-state index in [1.54, 1.807) is 18.2 Å². The third-order valence-electron chi connectivity index (χ3n) is 2.78. The van der Waals surface area contributed by atoms with E-state index in [4.69, 9.17) is 16.3 Å². The van der Waals surface area contributed by atoms with Crippen molar-refractivity contribution in [1.82, 2.24) is 25.0 Å². The first-order valence-corrected chi connectivity index (χ1v) is 6.61. The van der Waals surface area contributed by atoms with Crippen LogP contribution in [0, 0.1) is 0 Å². The highest BCUT2D eigenvalue weighted by Crippen LogP contribution is 2.15. The Balaban J connectivity index is 1.70. The van der Waals surface area contributed by atoms with Crippen molar-refractivity contribution in [3.05, 3.63) is 63.6 Å². The zero-order valence-corrected chi connectivity index (χ0v) is 11.9. The Morgan fingerprint density at radius 1 is 1.41 bits per heavy atom. The van der Waals surface area contributed by atoms with Gasteiger partial charge < -0.3 is 4.74 Å². The molecule has 0 radical (unpaired) electrons. The summed E-state index contributed by atoms with van der Waals surface area (Å²) in [7, 11) is 0. The van der Waals surface area contributed by atoms with Gasteiger partial charge in [0, 0.05) is 11.2 Å². The van der Waals surface area contributed by atoms with Gasteiger partial charge in [0.25, 0.3) is 0 Å². The first kappa shape index (κ1) is 14.1. The largest absolute Gasteiger partial charge is 0.454 e. The molecule has 2 heterocycles. The number of benzene rings is 1. The zero-order chi connectivity index (χ0) is 15.5. The maximum absolute atomic E-state index is 11.9. The molecule has 2 aromatic heterocycles. The summed E-state index contributed by atoms with van der Waals surface area (Å²) in [4.78, 5) is 25.1. The SMILES string of the molecule is O=C(OCc1n[nH]c(=O)[nH]1)c1cnn(-c2cccc(Cl)c2)c1. The molecule has 0 fully saturated rings. The number of rotatable bonds is 4. The lowest BCUT2D eigenvalue weighted by Crippen LogP contribution is -2.06. The van der Waals surface area contributed by atoms with Gasteiger partial charge in [0.1, 0.15) is 0 Å². The highest BCUT2D eigenvalue weighted by atomic mass is 35.5. The van der Waals surface area contributed by atoms with E-state index in [9.17, 15) is 9.59 Å². The second-order valence-corrected chi connectivity index (χ2v) is 4.79. The number of nitrogens with one attached hydrogen (secondary N) is 2. The van der Waals surface area contributed by atoms with Crippen molar-refractivity contribution < 1.29 is 9.53 Å². The van der Waals surface area contributed by atoms with Gasteiger partial charge in [0.05, 0.1) is 17.4 Å². The number of hydrogen-bond donors (Lipinski definition) is 2. The molecule has 0 amide bonds. The lowest BCUT2D eigenvalue weighted by Gasteiger charge is -2.01. The summed E-state index contributed by atoms with van der Waals surface area (Å²) in [5.74, 6) is -0.335. The summed E-state index contributed by atoms with van der Waals surface area (Å²) < 4.78 is 6.54. The molecule has 1 aromatic carbocycles. The van der Waals surface area contributed by atoms with Crippen molar-refractivity contribution in [3.63, 3.8) is 0 Å². The monoisotopic (exact) mass is 319 g/mol. The molecular weight excluding hydrogens is 310 g/mol. The van der Waals surface area contributed by atoms with Gasteiger partial charge in [-0.05, 0) is 18.2 Å². The molecule has 3 aromatic rings. The summed E-state index contributed by atoms with van der Waals surface area (Å²) >= 11 is 5.91. The van der Waals surface area contributed by atoms with Gasteiger partial charge in [0.15, 0.2) is 12.4 Å². The smallest absolute Gasteiger partial charge is 0.341 e. The van der Waals surface area contributed by atoms with Gasteiger partial charge in [0.2, 0.25) is 0 Å². The third-order valence-corrected chi connectivity index (χ3v) is 3.02. The van der Waals surface area contributed by atoms with Crippen LogP contribution in [0.15, 0.2) is 41.5 Å². The van der Waals surface area contributed by atoms with Gasteiger partial charge in [-0.15, -0.1) is 0 Å². The lowest BCUT2D eigenvalue weighted by molar-refractivity contribution is 0.0462. The number of nitrogens with zero attached hydrogens (tertiary/aromatic N) is 3. The van der Waals surface area contributed by atoms with E-state index >= 15 is 0 Å². The summed E-state index contributed by atoms with van der Waals surface area (Å²) in [6.45, 7) is -0.139. The molecule has 0 aliphatic heterocycles. The number of hydrogen-bond acceptors (Lipinski definition) is 5. The number of aromatic amines is 2. The minimum atomic E-state index is -0.572. The fourth-order valence-electron chi connectivity index (χ4n) is 1.78. The van der Waals surface area contributed by atoms with Crippen molar-refractivity contribution >= 4 is 17.6 Å². The number of halogens is 1. The second-order valence-electron chi connectivity index (χ2n) is 4.35. The number of aromatic nitrogens is 5. The third kappa shape index (κ3) is 3.07. The number of carbonyl (C=O) groups is 1. The van der Waals surface area contributed by atoms with Gasteiger partial charge in [-0.2, -0.15) is 10.2 Å². The molecule has 22 heavy (non-hydrogen) atoms. The average molecular weight is 320 g/mol. The van der Waals surface area contributed by atoms with Crippen LogP contribution in [0.3, 0.4) is 0 Å². The predicted molar refractivity (Wildman–Crippen MR) is 76.9 cm³/mol. The molecule has 112 valence electrons. The summed E-state index contributed by atoms with van der Waals surface area (Å²) in [6, 6.07) is 7.06. The van der Waals surface area contributed by atoms with Crippen LogP contribution in [-0.2, 0) is 11.3 Å². The number of esters is 1. The molecule has 0 aliphatic carbocycles. The van der Waals surface area contributed by atoms with E-state index in [1.165, 1.54) is 17.1 Å². The second kappa shape index (κ2) is 5.86. The van der Waals surface area contributed by atoms with Crippen molar-refractivity contribution in [2.45, 2.75) is 6.61 Å². The fraction of sp³-hybridized carbons (Fsp3) is 0.0769. The molecule has 0 atom stereocenters. The molecule has 0 bridgehead atoms. The van der Waals surface area contributed by atoms with E-state index in [0.717, 1.165) is 5.69 Å². The van der Waals surface area contributed by atoms with Gasteiger partial charge in [-0.1, -0.05) is 17.7 Å². The minimum absolute atomic E-state index is 0.139. The molecule has 0 spiro atoms. The minimum Gasteiger partial charge on any atom is -0.454 e. The Labute approximate surface area is 128 Å². The molecule has 0 unspecified atom stereocenters. The van der Waals surface area contributed by atoms with E-state index in [1.807, 2.05) is 6.07 Å². The van der Waals surface area contributed by atoms with Crippen LogP contribution in [0.5, 0.6) is 0 Å². The Morgan fingerprint density at radius 3 is 3.00 bits per heavy atom.